The van der Waals surface area contributed by atoms with E-state index in [-0.39, 0.29) is 18.3 Å². The molecule has 0 aliphatic heterocycles. The summed E-state index contributed by atoms with van der Waals surface area (Å²) in [4.78, 5) is 11.2. The summed E-state index contributed by atoms with van der Waals surface area (Å²) in [6.07, 6.45) is 2.08. The number of hydrogen-bond acceptors (Lipinski definition) is 6. The predicted molar refractivity (Wildman–Crippen MR) is 72.9 cm³/mol. The first kappa shape index (κ1) is 18.5. The molecule has 0 radical (unpaired) electrons. The summed E-state index contributed by atoms with van der Waals surface area (Å²) in [5, 5.41) is 0. The van der Waals surface area contributed by atoms with Crippen LogP contribution in [0.25, 0.3) is 0 Å². The van der Waals surface area contributed by atoms with Crippen LogP contribution >= 0.6 is 7.80 Å². The van der Waals surface area contributed by atoms with E-state index in [2.05, 4.69) is 0 Å². The van der Waals surface area contributed by atoms with Gasteiger partial charge in [0.1, 0.15) is 6.66 Å². The maximum absolute atomic E-state index is 11.5. The van der Waals surface area contributed by atoms with Crippen molar-refractivity contribution in [3.05, 3.63) is 0 Å². The van der Waals surface area contributed by atoms with Gasteiger partial charge in [0.15, 0.2) is 0 Å². The average Bonchev–Trinajstić information content (AvgIpc) is 2.24. The van der Waals surface area contributed by atoms with Crippen LogP contribution in [0.2, 0.25) is 0 Å². The van der Waals surface area contributed by atoms with Crippen molar-refractivity contribution in [1.29, 1.82) is 0 Å². The van der Waals surface area contributed by atoms with Crippen molar-refractivity contribution in [1.82, 2.24) is 0 Å². The highest BCUT2D eigenvalue weighted by Gasteiger charge is 2.31. The molecule has 0 bridgehead atoms. The Kier molecular flexibility index (Phi) is 8.38. The Morgan fingerprint density at radius 2 is 1.95 bits per heavy atom. The molecule has 0 aliphatic rings. The molecule has 0 aromatic rings. The molecule has 0 aromatic carbocycles. The van der Waals surface area contributed by atoms with E-state index >= 15 is 0 Å². The van der Waals surface area contributed by atoms with E-state index in [1.54, 1.807) is 6.92 Å². The average molecular weight is 313 g/mol. The Morgan fingerprint density at radius 1 is 1.37 bits per heavy atom. The van der Waals surface area contributed by atoms with Crippen LogP contribution < -0.4 is 0 Å². The molecule has 0 amide bonds. The van der Waals surface area contributed by atoms with Gasteiger partial charge in [0.25, 0.3) is 16.0 Å². The summed E-state index contributed by atoms with van der Waals surface area (Å²) in [6.45, 7) is 5.37. The topological polar surface area (TPSA) is 86.7 Å². The molecule has 0 rings (SSSR count). The second-order valence-corrected chi connectivity index (χ2v) is 7.75. The fourth-order valence-corrected chi connectivity index (χ4v) is 3.60. The molecule has 0 aromatic heterocycles. The lowest BCUT2D eigenvalue weighted by atomic mass is 10.0. The molecule has 19 heavy (non-hydrogen) atoms. The zero-order valence-electron chi connectivity index (χ0n) is 11.8. The zero-order chi connectivity index (χ0) is 15.1. The molecule has 0 saturated heterocycles. The summed E-state index contributed by atoms with van der Waals surface area (Å²) in [5.74, 6) is -1.09. The van der Waals surface area contributed by atoms with Gasteiger partial charge >= 0.3 is 13.8 Å². The molecular formula is C11H22O6PS+. The van der Waals surface area contributed by atoms with Gasteiger partial charge in [-0.15, -0.1) is 0 Å². The molecule has 112 valence electrons. The number of hydrogen-bond donors (Lipinski definition) is 0. The van der Waals surface area contributed by atoms with Crippen molar-refractivity contribution < 1.29 is 26.7 Å². The fraction of sp³-hybridized carbons (Fsp3) is 0.909. The largest absolute Gasteiger partial charge is 0.466 e. The minimum atomic E-state index is -3.63. The van der Waals surface area contributed by atoms with Gasteiger partial charge in [0.05, 0.1) is 12.9 Å². The normalized spacial score (nSPS) is 15.7. The van der Waals surface area contributed by atoms with Crippen LogP contribution in [0.4, 0.5) is 0 Å². The van der Waals surface area contributed by atoms with Crippen molar-refractivity contribution >= 4 is 23.9 Å². The Hall–Kier alpha value is -0.520. The molecular weight excluding hydrogens is 291 g/mol. The van der Waals surface area contributed by atoms with Crippen molar-refractivity contribution in [2.75, 3.05) is 19.5 Å². The maximum Gasteiger partial charge on any atom is 0.368 e. The summed E-state index contributed by atoms with van der Waals surface area (Å²) < 4.78 is 43.2. The van der Waals surface area contributed by atoms with Crippen LogP contribution in [0.3, 0.4) is 0 Å². The van der Waals surface area contributed by atoms with Crippen molar-refractivity contribution in [3.8, 4) is 0 Å². The van der Waals surface area contributed by atoms with Gasteiger partial charge in [0.2, 0.25) is 0 Å². The van der Waals surface area contributed by atoms with Crippen molar-refractivity contribution in [2.45, 2.75) is 39.0 Å². The standard InChI is InChI=1S/C11H22O6PS/c1-5-16-10(12)7-6-9(2)8-11(18(3)13)17-19(4,14)15/h9,11H,5-8H2,1-4H3/q+1. The quantitative estimate of drug-likeness (QED) is 0.368. The highest BCUT2D eigenvalue weighted by Crippen LogP contribution is 2.32. The molecule has 0 saturated carbocycles. The first-order valence-electron chi connectivity index (χ1n) is 6.09. The molecule has 0 fully saturated rings. The minimum Gasteiger partial charge on any atom is -0.466 e. The Labute approximate surface area is 115 Å². The maximum atomic E-state index is 11.5. The van der Waals surface area contributed by atoms with Crippen LogP contribution in [0.1, 0.15) is 33.1 Å². The second-order valence-electron chi connectivity index (χ2n) is 4.49. The van der Waals surface area contributed by atoms with Gasteiger partial charge in [-0.25, -0.2) is 4.18 Å². The highest BCUT2D eigenvalue weighted by molar-refractivity contribution is 7.86. The van der Waals surface area contributed by atoms with Gasteiger partial charge in [0, 0.05) is 12.8 Å². The van der Waals surface area contributed by atoms with Crippen LogP contribution in [0.15, 0.2) is 0 Å². The van der Waals surface area contributed by atoms with Gasteiger partial charge in [-0.3, -0.25) is 4.79 Å². The lowest BCUT2D eigenvalue weighted by Gasteiger charge is -2.12. The number of carbonyl (C=O) groups is 1. The SMILES string of the molecule is CCOC(=O)CCC(C)CC(OS(C)(=O)=O)[P+](C)=O. The van der Waals surface area contributed by atoms with E-state index in [0.29, 0.717) is 19.4 Å². The second kappa shape index (κ2) is 8.61. The van der Waals surface area contributed by atoms with Crippen molar-refractivity contribution in [2.24, 2.45) is 5.92 Å². The molecule has 0 N–H and O–H groups in total. The third-order valence-electron chi connectivity index (χ3n) is 2.44. The number of ether oxygens (including phenoxy) is 1. The molecule has 0 aliphatic carbocycles. The number of carbonyl (C=O) groups excluding carboxylic acids is 1. The molecule has 3 atom stereocenters. The zero-order valence-corrected chi connectivity index (χ0v) is 13.5. The van der Waals surface area contributed by atoms with E-state index in [9.17, 15) is 17.8 Å². The summed E-state index contributed by atoms with van der Waals surface area (Å²) in [6, 6.07) is 0. The lowest BCUT2D eigenvalue weighted by molar-refractivity contribution is -0.143. The Bertz CT molecular complexity index is 405. The van der Waals surface area contributed by atoms with Crippen LogP contribution in [0, 0.1) is 5.92 Å². The first-order valence-corrected chi connectivity index (χ1v) is 9.68. The van der Waals surface area contributed by atoms with E-state index in [1.807, 2.05) is 6.92 Å². The highest BCUT2D eigenvalue weighted by atomic mass is 32.2. The smallest absolute Gasteiger partial charge is 0.368 e. The molecule has 3 unspecified atom stereocenters. The predicted octanol–water partition coefficient (Wildman–Crippen LogP) is 2.12. The van der Waals surface area contributed by atoms with Gasteiger partial charge in [-0.05, 0) is 19.3 Å². The van der Waals surface area contributed by atoms with Gasteiger partial charge in [-0.2, -0.15) is 8.42 Å². The molecule has 8 heteroatoms. The summed E-state index contributed by atoms with van der Waals surface area (Å²) >= 11 is 0. The van der Waals surface area contributed by atoms with Crippen LogP contribution in [0.5, 0.6) is 0 Å². The van der Waals surface area contributed by atoms with Crippen molar-refractivity contribution in [3.63, 3.8) is 0 Å². The molecule has 0 spiro atoms. The van der Waals surface area contributed by atoms with E-state index < -0.39 is 23.8 Å². The van der Waals surface area contributed by atoms with E-state index in [1.165, 1.54) is 6.66 Å². The Balaban J connectivity index is 4.29. The lowest BCUT2D eigenvalue weighted by Crippen LogP contribution is -2.17. The van der Waals surface area contributed by atoms with E-state index in [4.69, 9.17) is 8.92 Å². The molecule has 6 nitrogen and oxygen atoms in total. The monoisotopic (exact) mass is 313 g/mol. The third-order valence-corrected chi connectivity index (χ3v) is 4.29. The third kappa shape index (κ3) is 9.99. The summed E-state index contributed by atoms with van der Waals surface area (Å²) in [5.41, 5.74) is 0. The summed E-state index contributed by atoms with van der Waals surface area (Å²) in [7, 11) is -5.39. The van der Waals surface area contributed by atoms with Gasteiger partial charge in [-0.1, -0.05) is 11.5 Å². The van der Waals surface area contributed by atoms with Crippen LogP contribution in [-0.2, 0) is 28.4 Å². The van der Waals surface area contributed by atoms with Crippen LogP contribution in [-0.4, -0.2) is 39.8 Å². The number of rotatable bonds is 9. The first-order chi connectivity index (χ1) is 8.65. The number of esters is 1. The minimum absolute atomic E-state index is 0.0232. The van der Waals surface area contributed by atoms with E-state index in [0.717, 1.165) is 6.26 Å². The Morgan fingerprint density at radius 3 is 2.37 bits per heavy atom. The fourth-order valence-electron chi connectivity index (χ4n) is 1.51. The van der Waals surface area contributed by atoms with Gasteiger partial charge < -0.3 is 4.74 Å². The molecule has 0 heterocycles.